The molecule has 0 saturated heterocycles. The SMILES string of the molecule is c1ccc(-c2nc(-c3cccc4oc5c(-c6nc(-c7ccccc7)nc7c6sc6ccccc67)cccc5c34)nc(-c3cccc4sc5ccccc5c34)n2)cc1. The van der Waals surface area contributed by atoms with Crippen LogP contribution in [-0.4, -0.2) is 24.9 Å². The van der Waals surface area contributed by atoms with Gasteiger partial charge in [-0.2, -0.15) is 0 Å². The first kappa shape index (κ1) is 32.1. The second-order valence-corrected chi connectivity index (χ2v) is 16.1. The summed E-state index contributed by atoms with van der Waals surface area (Å²) < 4.78 is 11.5. The van der Waals surface area contributed by atoms with Crippen LogP contribution in [0.5, 0.6) is 0 Å². The predicted molar refractivity (Wildman–Crippen MR) is 236 cm³/mol. The predicted octanol–water partition coefficient (Wildman–Crippen LogP) is 13.6. The number of fused-ring (bicyclic) bond motifs is 9. The summed E-state index contributed by atoms with van der Waals surface area (Å²) in [5.74, 6) is 2.49. The van der Waals surface area contributed by atoms with E-state index in [1.165, 1.54) is 19.5 Å². The fourth-order valence-electron chi connectivity index (χ4n) is 8.00. The molecule has 266 valence electrons. The van der Waals surface area contributed by atoms with Gasteiger partial charge < -0.3 is 4.42 Å². The highest BCUT2D eigenvalue weighted by Crippen LogP contribution is 2.45. The Kier molecular flexibility index (Phi) is 7.17. The second kappa shape index (κ2) is 12.7. The summed E-state index contributed by atoms with van der Waals surface area (Å²) in [5, 5.41) is 5.36. The Labute approximate surface area is 333 Å². The van der Waals surface area contributed by atoms with E-state index in [1.54, 1.807) is 22.7 Å². The van der Waals surface area contributed by atoms with E-state index in [9.17, 15) is 0 Å². The van der Waals surface area contributed by atoms with Gasteiger partial charge >= 0.3 is 0 Å². The molecule has 12 rings (SSSR count). The lowest BCUT2D eigenvalue weighted by molar-refractivity contribution is 0.670. The molecule has 8 heteroatoms. The summed E-state index contributed by atoms with van der Waals surface area (Å²) in [6.07, 6.45) is 0. The first-order valence-electron chi connectivity index (χ1n) is 18.7. The van der Waals surface area contributed by atoms with Gasteiger partial charge in [-0.1, -0.05) is 133 Å². The molecule has 0 amide bonds. The number of hydrogen-bond acceptors (Lipinski definition) is 8. The van der Waals surface area contributed by atoms with Crippen LogP contribution in [0, 0.1) is 0 Å². The summed E-state index contributed by atoms with van der Waals surface area (Å²) in [7, 11) is 0. The lowest BCUT2D eigenvalue weighted by Gasteiger charge is -2.10. The van der Waals surface area contributed by atoms with Crippen LogP contribution in [0.3, 0.4) is 0 Å². The molecule has 0 atom stereocenters. The minimum absolute atomic E-state index is 0.578. The smallest absolute Gasteiger partial charge is 0.164 e. The molecule has 0 spiro atoms. The van der Waals surface area contributed by atoms with Gasteiger partial charge in [0.2, 0.25) is 0 Å². The van der Waals surface area contributed by atoms with E-state index in [0.717, 1.165) is 76.4 Å². The van der Waals surface area contributed by atoms with E-state index < -0.39 is 0 Å². The number of nitrogens with zero attached hydrogens (tertiary/aromatic N) is 5. The van der Waals surface area contributed by atoms with Gasteiger partial charge in [-0.15, -0.1) is 22.7 Å². The van der Waals surface area contributed by atoms with Gasteiger partial charge in [-0.3, -0.25) is 0 Å². The van der Waals surface area contributed by atoms with Crippen molar-refractivity contribution in [2.24, 2.45) is 0 Å². The molecule has 7 aromatic carbocycles. The third kappa shape index (κ3) is 5.12. The highest BCUT2D eigenvalue weighted by molar-refractivity contribution is 7.26. The standard InChI is InChI=1S/C49H27N5OS2/c1-3-14-28(15-4-1)46-50-42-31-19-8-10-26-38(31)57-45(42)43(51-46)35-23-11-20-32-40-33(21-12-24-36(40)55-44(32)35)48-52-47(29-16-5-2-6-17-29)53-49(54-48)34-22-13-27-39-41(34)30-18-7-9-25-37(30)56-39/h1-27H. The molecule has 0 aliphatic carbocycles. The lowest BCUT2D eigenvalue weighted by Crippen LogP contribution is -2.00. The molecule has 5 heterocycles. The van der Waals surface area contributed by atoms with Crippen molar-refractivity contribution in [3.8, 4) is 56.8 Å². The third-order valence-corrected chi connectivity index (χ3v) is 12.9. The molecule has 0 bridgehead atoms. The molecular weight excluding hydrogens is 739 g/mol. The Morgan fingerprint density at radius 1 is 0.368 bits per heavy atom. The van der Waals surface area contributed by atoms with E-state index >= 15 is 0 Å². The number of para-hydroxylation sites is 1. The maximum Gasteiger partial charge on any atom is 0.164 e. The van der Waals surface area contributed by atoms with Crippen molar-refractivity contribution in [3.63, 3.8) is 0 Å². The van der Waals surface area contributed by atoms with Gasteiger partial charge in [-0.05, 0) is 30.3 Å². The number of benzene rings is 7. The van der Waals surface area contributed by atoms with Crippen molar-refractivity contribution in [2.75, 3.05) is 0 Å². The Morgan fingerprint density at radius 2 is 0.912 bits per heavy atom. The first-order chi connectivity index (χ1) is 28.2. The third-order valence-electron chi connectivity index (χ3n) is 10.6. The zero-order valence-corrected chi connectivity index (χ0v) is 31.7. The minimum atomic E-state index is 0.578. The average molecular weight is 766 g/mol. The molecule has 12 aromatic rings. The van der Waals surface area contributed by atoms with Crippen molar-refractivity contribution >= 4 is 85.1 Å². The molecule has 0 aliphatic rings. The molecule has 0 fully saturated rings. The molecule has 5 aromatic heterocycles. The maximum atomic E-state index is 6.87. The summed E-state index contributed by atoms with van der Waals surface area (Å²) in [6.45, 7) is 0. The van der Waals surface area contributed by atoms with Crippen LogP contribution in [0.4, 0.5) is 0 Å². The summed E-state index contributed by atoms with van der Waals surface area (Å²) in [4.78, 5) is 26.0. The number of hydrogen-bond donors (Lipinski definition) is 0. The van der Waals surface area contributed by atoms with Crippen molar-refractivity contribution in [1.29, 1.82) is 0 Å². The van der Waals surface area contributed by atoms with E-state index in [4.69, 9.17) is 29.3 Å². The topological polar surface area (TPSA) is 77.6 Å². The normalized spacial score (nSPS) is 11.9. The van der Waals surface area contributed by atoms with Crippen molar-refractivity contribution < 1.29 is 4.42 Å². The van der Waals surface area contributed by atoms with Crippen molar-refractivity contribution in [2.45, 2.75) is 0 Å². The highest BCUT2D eigenvalue weighted by Gasteiger charge is 2.23. The molecule has 6 nitrogen and oxygen atoms in total. The number of aromatic nitrogens is 5. The fourth-order valence-corrected chi connectivity index (χ4v) is 10.3. The zero-order chi connectivity index (χ0) is 37.5. The van der Waals surface area contributed by atoms with Gasteiger partial charge in [0.1, 0.15) is 11.2 Å². The van der Waals surface area contributed by atoms with Crippen molar-refractivity contribution in [1.82, 2.24) is 24.9 Å². The van der Waals surface area contributed by atoms with Crippen molar-refractivity contribution in [3.05, 3.63) is 164 Å². The van der Waals surface area contributed by atoms with Gasteiger partial charge in [-0.25, -0.2) is 24.9 Å². The monoisotopic (exact) mass is 765 g/mol. The summed E-state index contributed by atoms with van der Waals surface area (Å²) in [6, 6.07) is 56.1. The largest absolute Gasteiger partial charge is 0.455 e. The Hall–Kier alpha value is -7.13. The molecule has 0 radical (unpaired) electrons. The molecule has 0 N–H and O–H groups in total. The van der Waals surface area contributed by atoms with Crippen LogP contribution < -0.4 is 0 Å². The fraction of sp³-hybridized carbons (Fsp3) is 0. The van der Waals surface area contributed by atoms with Gasteiger partial charge in [0.05, 0.1) is 15.9 Å². The zero-order valence-electron chi connectivity index (χ0n) is 30.0. The van der Waals surface area contributed by atoms with Gasteiger partial charge in [0, 0.05) is 68.8 Å². The maximum absolute atomic E-state index is 6.87. The molecule has 57 heavy (non-hydrogen) atoms. The lowest BCUT2D eigenvalue weighted by atomic mass is 10.0. The minimum Gasteiger partial charge on any atom is -0.455 e. The second-order valence-electron chi connectivity index (χ2n) is 14.0. The van der Waals surface area contributed by atoms with E-state index in [0.29, 0.717) is 23.3 Å². The van der Waals surface area contributed by atoms with Gasteiger partial charge in [0.15, 0.2) is 23.3 Å². The average Bonchev–Trinajstić information content (AvgIpc) is 3.98. The van der Waals surface area contributed by atoms with Crippen LogP contribution in [0.15, 0.2) is 168 Å². The number of thiophene rings is 2. The molecular formula is C49H27N5OS2. The van der Waals surface area contributed by atoms with E-state index in [1.807, 2.05) is 60.7 Å². The van der Waals surface area contributed by atoms with Crippen LogP contribution in [0.25, 0.3) is 119 Å². The van der Waals surface area contributed by atoms with E-state index in [2.05, 4.69) is 103 Å². The summed E-state index contributed by atoms with van der Waals surface area (Å²) >= 11 is 3.50. The quantitative estimate of drug-likeness (QED) is 0.174. The molecule has 0 unspecified atom stereocenters. The summed E-state index contributed by atoms with van der Waals surface area (Å²) in [5.41, 5.74) is 7.90. The Bertz CT molecular complexity index is 3540. The highest BCUT2D eigenvalue weighted by atomic mass is 32.1. The Morgan fingerprint density at radius 3 is 1.67 bits per heavy atom. The van der Waals surface area contributed by atoms with Gasteiger partial charge in [0.25, 0.3) is 0 Å². The number of rotatable bonds is 5. The number of furan rings is 1. The first-order valence-corrected chi connectivity index (χ1v) is 20.3. The van der Waals surface area contributed by atoms with Crippen LogP contribution in [-0.2, 0) is 0 Å². The molecule has 0 aliphatic heterocycles. The van der Waals surface area contributed by atoms with E-state index in [-0.39, 0.29) is 0 Å². The molecule has 0 saturated carbocycles. The Balaban J connectivity index is 1.11. The van der Waals surface area contributed by atoms with Crippen LogP contribution in [0.2, 0.25) is 0 Å². The van der Waals surface area contributed by atoms with Crippen LogP contribution in [0.1, 0.15) is 0 Å². The van der Waals surface area contributed by atoms with Crippen LogP contribution >= 0.6 is 22.7 Å².